The first-order valence-corrected chi connectivity index (χ1v) is 8.55. The lowest BCUT2D eigenvalue weighted by Crippen LogP contribution is -2.35. The topological polar surface area (TPSA) is 96.4 Å². The molecule has 7 nitrogen and oxygen atoms in total. The van der Waals surface area contributed by atoms with Gasteiger partial charge in [-0.1, -0.05) is 36.4 Å². The number of para-hydroxylation sites is 1. The predicted octanol–water partition coefficient (Wildman–Crippen LogP) is 2.98. The van der Waals surface area contributed by atoms with Gasteiger partial charge in [0.2, 0.25) is 5.89 Å². The first kappa shape index (κ1) is 18.9. The van der Waals surface area contributed by atoms with Crippen LogP contribution in [0.1, 0.15) is 5.69 Å². The summed E-state index contributed by atoms with van der Waals surface area (Å²) in [7, 11) is 0. The van der Waals surface area contributed by atoms with Gasteiger partial charge in [0.05, 0.1) is 18.2 Å². The Morgan fingerprint density at radius 1 is 1.07 bits per heavy atom. The van der Waals surface area contributed by atoms with Crippen molar-refractivity contribution in [3.05, 3.63) is 72.6 Å². The lowest BCUT2D eigenvalue weighted by Gasteiger charge is -2.19. The van der Waals surface area contributed by atoms with Gasteiger partial charge in [0.25, 0.3) is 5.91 Å². The fourth-order valence-electron chi connectivity index (χ4n) is 2.52. The van der Waals surface area contributed by atoms with Crippen molar-refractivity contribution in [3.8, 4) is 17.5 Å². The van der Waals surface area contributed by atoms with E-state index in [0.29, 0.717) is 17.3 Å². The molecule has 2 aromatic carbocycles. The van der Waals surface area contributed by atoms with Crippen LogP contribution in [0, 0.1) is 11.3 Å². The monoisotopic (exact) mass is 375 g/mol. The molecule has 140 valence electrons. The Morgan fingerprint density at radius 3 is 2.43 bits per heavy atom. The molecule has 1 amide bonds. The number of nitrogens with zero attached hydrogens (tertiary/aromatic N) is 3. The number of amides is 1. The minimum atomic E-state index is -0.605. The Bertz CT molecular complexity index is 978. The van der Waals surface area contributed by atoms with Gasteiger partial charge in [0, 0.05) is 11.3 Å². The normalized spacial score (nSPS) is 10.1. The van der Waals surface area contributed by atoms with Crippen molar-refractivity contribution in [1.29, 1.82) is 5.26 Å². The van der Waals surface area contributed by atoms with E-state index in [4.69, 9.17) is 14.4 Å². The number of hydrogen-bond acceptors (Lipinski definition) is 6. The second-order valence-corrected chi connectivity index (χ2v) is 5.82. The minimum Gasteiger partial charge on any atom is -0.455 e. The van der Waals surface area contributed by atoms with Crippen LogP contribution in [0.3, 0.4) is 0 Å². The highest BCUT2D eigenvalue weighted by Gasteiger charge is 2.18. The molecule has 0 radical (unpaired) electrons. The molecule has 1 aromatic heterocycles. The van der Waals surface area contributed by atoms with Gasteiger partial charge in [0.1, 0.15) is 12.8 Å². The number of ether oxygens (including phenoxy) is 1. The van der Waals surface area contributed by atoms with E-state index < -0.39 is 18.5 Å². The van der Waals surface area contributed by atoms with E-state index in [2.05, 4.69) is 4.98 Å². The maximum Gasteiger partial charge on any atom is 0.312 e. The molecule has 0 saturated carbocycles. The Morgan fingerprint density at radius 2 is 1.75 bits per heavy atom. The number of aromatic nitrogens is 1. The van der Waals surface area contributed by atoms with Crippen molar-refractivity contribution in [1.82, 2.24) is 4.98 Å². The van der Waals surface area contributed by atoms with E-state index in [1.165, 1.54) is 11.2 Å². The molecule has 0 aliphatic rings. The number of hydrogen-bond donors (Lipinski definition) is 0. The van der Waals surface area contributed by atoms with Gasteiger partial charge in [-0.25, -0.2) is 4.98 Å². The zero-order valence-electron chi connectivity index (χ0n) is 14.9. The van der Waals surface area contributed by atoms with Crippen LogP contribution >= 0.6 is 0 Å². The Labute approximate surface area is 161 Å². The summed E-state index contributed by atoms with van der Waals surface area (Å²) >= 11 is 0. The molecule has 3 aromatic rings. The van der Waals surface area contributed by atoms with Crippen LogP contribution in [0.25, 0.3) is 11.5 Å². The van der Waals surface area contributed by atoms with Gasteiger partial charge in [-0.05, 0) is 24.3 Å². The van der Waals surface area contributed by atoms with Crippen LogP contribution in [0.2, 0.25) is 0 Å². The number of carbonyl (C=O) groups is 2. The molecule has 1 heterocycles. The molecule has 0 spiro atoms. The second kappa shape index (κ2) is 9.14. The highest BCUT2D eigenvalue weighted by Crippen LogP contribution is 2.18. The van der Waals surface area contributed by atoms with E-state index >= 15 is 0 Å². The Hall–Kier alpha value is -3.92. The lowest BCUT2D eigenvalue weighted by atomic mass is 10.2. The maximum absolute atomic E-state index is 12.3. The van der Waals surface area contributed by atoms with Crippen LogP contribution in [0.5, 0.6) is 0 Å². The molecule has 0 aliphatic heterocycles. The number of oxazole rings is 1. The standard InChI is InChI=1S/C21H17N3O4/c22-11-12-24(18-9-5-2-6-10-18)19(25)15-27-20(26)13-17-14-28-21(23-17)16-7-3-1-4-8-16/h1-10,14H,12-13,15H2. The molecule has 0 bridgehead atoms. The molecule has 0 N–H and O–H groups in total. The summed E-state index contributed by atoms with van der Waals surface area (Å²) in [5.74, 6) is -0.679. The number of esters is 1. The number of rotatable bonds is 7. The first-order valence-electron chi connectivity index (χ1n) is 8.55. The molecule has 28 heavy (non-hydrogen) atoms. The van der Waals surface area contributed by atoms with Crippen LogP contribution < -0.4 is 4.90 Å². The van der Waals surface area contributed by atoms with Crippen molar-refractivity contribution in [2.24, 2.45) is 0 Å². The van der Waals surface area contributed by atoms with Crippen molar-refractivity contribution < 1.29 is 18.7 Å². The lowest BCUT2D eigenvalue weighted by molar-refractivity contribution is -0.147. The van der Waals surface area contributed by atoms with Gasteiger partial charge in [-0.2, -0.15) is 5.26 Å². The van der Waals surface area contributed by atoms with Crippen LogP contribution in [0.15, 0.2) is 71.3 Å². The highest BCUT2D eigenvalue weighted by molar-refractivity contribution is 5.95. The van der Waals surface area contributed by atoms with Crippen LogP contribution in [0.4, 0.5) is 5.69 Å². The van der Waals surface area contributed by atoms with Crippen molar-refractivity contribution in [3.63, 3.8) is 0 Å². The third-order valence-electron chi connectivity index (χ3n) is 3.85. The molecule has 0 aliphatic carbocycles. The minimum absolute atomic E-state index is 0.118. The maximum atomic E-state index is 12.3. The number of carbonyl (C=O) groups excluding carboxylic acids is 2. The van der Waals surface area contributed by atoms with E-state index in [1.807, 2.05) is 36.4 Å². The smallest absolute Gasteiger partial charge is 0.312 e. The zero-order chi connectivity index (χ0) is 19.8. The first-order chi connectivity index (χ1) is 13.7. The van der Waals surface area contributed by atoms with Gasteiger partial charge >= 0.3 is 5.97 Å². The molecule has 0 saturated heterocycles. The summed E-state index contributed by atoms with van der Waals surface area (Å²) in [5, 5.41) is 8.95. The van der Waals surface area contributed by atoms with Gasteiger partial charge in [-0.3, -0.25) is 14.5 Å². The summed E-state index contributed by atoms with van der Waals surface area (Å²) < 4.78 is 10.4. The summed E-state index contributed by atoms with van der Waals surface area (Å²) in [6.45, 7) is -0.594. The van der Waals surface area contributed by atoms with Crippen molar-refractivity contribution in [2.75, 3.05) is 18.1 Å². The van der Waals surface area contributed by atoms with Gasteiger partial charge in [0.15, 0.2) is 6.61 Å². The van der Waals surface area contributed by atoms with Crippen LogP contribution in [-0.4, -0.2) is 30.0 Å². The average molecular weight is 375 g/mol. The van der Waals surface area contributed by atoms with E-state index in [1.54, 1.807) is 30.3 Å². The summed E-state index contributed by atoms with van der Waals surface area (Å²) in [6.07, 6.45) is 1.27. The third kappa shape index (κ3) is 4.83. The SMILES string of the molecule is N#CCN(C(=O)COC(=O)Cc1coc(-c2ccccc2)n1)c1ccccc1. The molecular formula is C21H17N3O4. The largest absolute Gasteiger partial charge is 0.455 e. The summed E-state index contributed by atoms with van der Waals surface area (Å²) in [4.78, 5) is 29.9. The fourth-order valence-corrected chi connectivity index (χ4v) is 2.52. The quantitative estimate of drug-likeness (QED) is 0.465. The molecule has 0 atom stereocenters. The second-order valence-electron chi connectivity index (χ2n) is 5.82. The number of nitriles is 1. The summed E-state index contributed by atoms with van der Waals surface area (Å²) in [5.41, 5.74) is 1.77. The van der Waals surface area contributed by atoms with Crippen molar-refractivity contribution >= 4 is 17.6 Å². The van der Waals surface area contributed by atoms with Crippen LogP contribution in [-0.2, 0) is 20.7 Å². The molecule has 3 rings (SSSR count). The molecule has 7 heteroatoms. The summed E-state index contributed by atoms with van der Waals surface area (Å²) in [6, 6.07) is 20.0. The number of anilines is 1. The number of benzene rings is 2. The van der Waals surface area contributed by atoms with E-state index in [9.17, 15) is 9.59 Å². The van der Waals surface area contributed by atoms with Crippen molar-refractivity contribution in [2.45, 2.75) is 6.42 Å². The Balaban J connectivity index is 1.56. The van der Waals surface area contributed by atoms with Gasteiger partial charge in [-0.15, -0.1) is 0 Å². The van der Waals surface area contributed by atoms with Gasteiger partial charge < -0.3 is 9.15 Å². The highest BCUT2D eigenvalue weighted by atomic mass is 16.5. The predicted molar refractivity (Wildman–Crippen MR) is 101 cm³/mol. The average Bonchev–Trinajstić information content (AvgIpc) is 3.20. The third-order valence-corrected chi connectivity index (χ3v) is 3.85. The van der Waals surface area contributed by atoms with E-state index in [-0.39, 0.29) is 13.0 Å². The van der Waals surface area contributed by atoms with E-state index in [0.717, 1.165) is 5.56 Å². The molecule has 0 unspecified atom stereocenters. The fraction of sp³-hybridized carbons (Fsp3) is 0.143. The zero-order valence-corrected chi connectivity index (χ0v) is 14.9. The molecular weight excluding hydrogens is 358 g/mol. The Kier molecular flexibility index (Phi) is 6.16. The molecule has 0 fully saturated rings.